The number of nitrogens with zero attached hydrogens (tertiary/aromatic N) is 1. The lowest BCUT2D eigenvalue weighted by Crippen LogP contribution is -2.33. The Balaban J connectivity index is 1.65. The third-order valence-corrected chi connectivity index (χ3v) is 5.32. The first kappa shape index (κ1) is 16.9. The van der Waals surface area contributed by atoms with Crippen molar-refractivity contribution >= 4 is 5.69 Å². The molecule has 26 heavy (non-hydrogen) atoms. The molecule has 0 bridgehead atoms. The number of ether oxygens (including phenoxy) is 3. The monoisotopic (exact) mass is 353 g/mol. The molecule has 0 aliphatic carbocycles. The summed E-state index contributed by atoms with van der Waals surface area (Å²) >= 11 is 0. The summed E-state index contributed by atoms with van der Waals surface area (Å²) in [7, 11) is 1.61. The number of methoxy groups -OCH3 is 1. The predicted octanol–water partition coefficient (Wildman–Crippen LogP) is 4.92. The highest BCUT2D eigenvalue weighted by molar-refractivity contribution is 5.55. The molecule has 5 heteroatoms. The molecule has 1 atom stereocenters. The van der Waals surface area contributed by atoms with Crippen molar-refractivity contribution in [3.63, 3.8) is 0 Å². The van der Waals surface area contributed by atoms with E-state index in [2.05, 4.69) is 31.2 Å². The molecule has 2 aromatic carbocycles. The summed E-state index contributed by atoms with van der Waals surface area (Å²) in [6.45, 7) is 4.82. The molecule has 5 nitrogen and oxygen atoms in total. The molecule has 2 heterocycles. The van der Waals surface area contributed by atoms with Crippen molar-refractivity contribution < 1.29 is 14.2 Å². The molecule has 0 radical (unpaired) electrons. The number of nitroso groups, excluding NO2 is 1. The summed E-state index contributed by atoms with van der Waals surface area (Å²) in [5.74, 6) is 2.79. The Morgan fingerprint density at radius 3 is 2.85 bits per heavy atom. The van der Waals surface area contributed by atoms with E-state index in [9.17, 15) is 4.91 Å². The van der Waals surface area contributed by atoms with Crippen LogP contribution >= 0.6 is 0 Å². The molecular formula is C21H23NO4. The minimum absolute atomic E-state index is 0.125. The highest BCUT2D eigenvalue weighted by atomic mass is 16.5. The standard InChI is InChI=1S/C21H23NO4/c1-21(2)9-8-17-18(26-21)7-4-13-10-14(12-25-20(13)17)16-6-5-15(22-23)11-19(16)24-3/h4-7,11,14H,8-10,12H2,1-3H3. The summed E-state index contributed by atoms with van der Waals surface area (Å²) in [6, 6.07) is 9.50. The topological polar surface area (TPSA) is 57.1 Å². The van der Waals surface area contributed by atoms with Gasteiger partial charge in [0.25, 0.3) is 0 Å². The summed E-state index contributed by atoms with van der Waals surface area (Å²) in [5, 5.41) is 2.99. The van der Waals surface area contributed by atoms with Crippen molar-refractivity contribution in [3.8, 4) is 17.2 Å². The molecule has 1 unspecified atom stereocenters. The van der Waals surface area contributed by atoms with E-state index in [0.717, 1.165) is 36.3 Å². The van der Waals surface area contributed by atoms with E-state index < -0.39 is 0 Å². The lowest BCUT2D eigenvalue weighted by molar-refractivity contribution is 0.0826. The van der Waals surface area contributed by atoms with Crippen molar-refractivity contribution in [1.29, 1.82) is 0 Å². The fraction of sp³-hybridized carbons (Fsp3) is 0.429. The Labute approximate surface area is 153 Å². The van der Waals surface area contributed by atoms with Crippen molar-refractivity contribution in [2.45, 2.75) is 44.6 Å². The van der Waals surface area contributed by atoms with Crippen LogP contribution in [0.15, 0.2) is 35.5 Å². The van der Waals surface area contributed by atoms with Crippen LogP contribution in [0.1, 0.15) is 42.9 Å². The van der Waals surface area contributed by atoms with Gasteiger partial charge in [0.2, 0.25) is 0 Å². The van der Waals surface area contributed by atoms with E-state index >= 15 is 0 Å². The Bertz CT molecular complexity index is 859. The van der Waals surface area contributed by atoms with Crippen molar-refractivity contribution in [3.05, 3.63) is 51.9 Å². The first-order valence-corrected chi connectivity index (χ1v) is 8.98. The Hall–Kier alpha value is -2.56. The van der Waals surface area contributed by atoms with Crippen LogP contribution in [0.2, 0.25) is 0 Å². The maximum Gasteiger partial charge on any atom is 0.129 e. The number of fused-ring (bicyclic) bond motifs is 3. The molecule has 2 aliphatic rings. The first-order valence-electron chi connectivity index (χ1n) is 8.98. The van der Waals surface area contributed by atoms with Crippen LogP contribution in [0, 0.1) is 4.91 Å². The molecule has 0 saturated heterocycles. The van der Waals surface area contributed by atoms with E-state index in [1.165, 1.54) is 11.1 Å². The quantitative estimate of drug-likeness (QED) is 0.735. The minimum atomic E-state index is -0.125. The minimum Gasteiger partial charge on any atom is -0.496 e. The fourth-order valence-corrected chi connectivity index (χ4v) is 3.91. The van der Waals surface area contributed by atoms with Crippen LogP contribution in [0.25, 0.3) is 0 Å². The highest BCUT2D eigenvalue weighted by Gasteiger charge is 2.32. The molecule has 0 saturated carbocycles. The zero-order chi connectivity index (χ0) is 18.3. The highest BCUT2D eigenvalue weighted by Crippen LogP contribution is 2.45. The summed E-state index contributed by atoms with van der Waals surface area (Å²) in [6.07, 6.45) is 2.83. The van der Waals surface area contributed by atoms with Gasteiger partial charge in [-0.15, -0.1) is 4.91 Å². The van der Waals surface area contributed by atoms with Gasteiger partial charge in [-0.3, -0.25) is 0 Å². The smallest absolute Gasteiger partial charge is 0.129 e. The Morgan fingerprint density at radius 2 is 2.08 bits per heavy atom. The average molecular weight is 353 g/mol. The Kier molecular flexibility index (Phi) is 4.10. The van der Waals surface area contributed by atoms with Crippen molar-refractivity contribution in [2.24, 2.45) is 5.18 Å². The molecule has 0 N–H and O–H groups in total. The molecule has 4 rings (SSSR count). The number of hydrogen-bond donors (Lipinski definition) is 0. The summed E-state index contributed by atoms with van der Waals surface area (Å²) < 4.78 is 17.8. The van der Waals surface area contributed by atoms with Crippen LogP contribution in [0.4, 0.5) is 5.69 Å². The maximum atomic E-state index is 10.8. The van der Waals surface area contributed by atoms with E-state index in [4.69, 9.17) is 14.2 Å². The summed E-state index contributed by atoms with van der Waals surface area (Å²) in [5.41, 5.74) is 3.67. The third kappa shape index (κ3) is 2.91. The van der Waals surface area contributed by atoms with Gasteiger partial charge in [0.1, 0.15) is 28.5 Å². The molecule has 0 aromatic heterocycles. The van der Waals surface area contributed by atoms with Crippen LogP contribution in [0.5, 0.6) is 17.2 Å². The SMILES string of the molecule is COc1cc(N=O)ccc1C1COc2c(ccc3c2CCC(C)(C)O3)C1. The normalized spacial score (nSPS) is 20.2. The van der Waals surface area contributed by atoms with E-state index in [-0.39, 0.29) is 11.5 Å². The van der Waals surface area contributed by atoms with Crippen LogP contribution < -0.4 is 14.2 Å². The second kappa shape index (κ2) is 6.31. The van der Waals surface area contributed by atoms with Crippen LogP contribution in [-0.4, -0.2) is 19.3 Å². The molecule has 0 amide bonds. The van der Waals surface area contributed by atoms with Crippen LogP contribution in [-0.2, 0) is 12.8 Å². The first-order chi connectivity index (χ1) is 12.5. The maximum absolute atomic E-state index is 10.8. The molecule has 2 aromatic rings. The second-order valence-electron chi connectivity index (χ2n) is 7.62. The Morgan fingerprint density at radius 1 is 1.23 bits per heavy atom. The molecule has 2 aliphatic heterocycles. The predicted molar refractivity (Wildman–Crippen MR) is 99.9 cm³/mol. The summed E-state index contributed by atoms with van der Waals surface area (Å²) in [4.78, 5) is 10.8. The van der Waals surface area contributed by atoms with E-state index in [1.807, 2.05) is 6.07 Å². The van der Waals surface area contributed by atoms with Gasteiger partial charge in [-0.1, -0.05) is 12.1 Å². The van der Waals surface area contributed by atoms with Gasteiger partial charge in [0.15, 0.2) is 0 Å². The molecular weight excluding hydrogens is 330 g/mol. The average Bonchev–Trinajstić information content (AvgIpc) is 2.65. The van der Waals surface area contributed by atoms with Crippen molar-refractivity contribution in [1.82, 2.24) is 0 Å². The number of benzene rings is 2. The van der Waals surface area contributed by atoms with Gasteiger partial charge in [-0.25, -0.2) is 0 Å². The van der Waals surface area contributed by atoms with E-state index in [1.54, 1.807) is 19.2 Å². The van der Waals surface area contributed by atoms with Crippen molar-refractivity contribution in [2.75, 3.05) is 13.7 Å². The molecule has 0 fully saturated rings. The molecule has 0 spiro atoms. The third-order valence-electron chi connectivity index (χ3n) is 5.32. The zero-order valence-corrected chi connectivity index (χ0v) is 15.4. The lowest BCUT2D eigenvalue weighted by atomic mass is 9.86. The van der Waals surface area contributed by atoms with Gasteiger partial charge in [-0.2, -0.15) is 0 Å². The van der Waals surface area contributed by atoms with E-state index in [0.29, 0.717) is 18.0 Å². The largest absolute Gasteiger partial charge is 0.496 e. The van der Waals surface area contributed by atoms with Gasteiger partial charge >= 0.3 is 0 Å². The second-order valence-corrected chi connectivity index (χ2v) is 7.62. The van der Waals surface area contributed by atoms with Gasteiger partial charge in [0.05, 0.1) is 13.7 Å². The number of hydrogen-bond acceptors (Lipinski definition) is 5. The van der Waals surface area contributed by atoms with Gasteiger partial charge < -0.3 is 14.2 Å². The van der Waals surface area contributed by atoms with Gasteiger partial charge in [-0.05, 0) is 56.0 Å². The lowest BCUT2D eigenvalue weighted by Gasteiger charge is -2.36. The zero-order valence-electron chi connectivity index (χ0n) is 15.4. The fourth-order valence-electron chi connectivity index (χ4n) is 3.91. The number of rotatable bonds is 3. The molecule has 136 valence electrons. The van der Waals surface area contributed by atoms with Gasteiger partial charge in [0, 0.05) is 23.1 Å². The van der Waals surface area contributed by atoms with Crippen LogP contribution in [0.3, 0.4) is 0 Å².